The summed E-state index contributed by atoms with van der Waals surface area (Å²) in [7, 11) is 0. The van der Waals surface area contributed by atoms with E-state index in [-0.39, 0.29) is 5.69 Å². The standard InChI is InChI=1S/C9H10N6O2/c16-15(17)7-1-2-8(11-5-7)10-4-3-9-12-6-13-14-9/h1-2,5-6H,3-4H2,(H,10,11)(H,12,13,14). The average Bonchev–Trinajstić information content (AvgIpc) is 2.83. The van der Waals surface area contributed by atoms with Crippen LogP contribution in [0.2, 0.25) is 0 Å². The fourth-order valence-electron chi connectivity index (χ4n) is 1.26. The van der Waals surface area contributed by atoms with E-state index in [1.54, 1.807) is 6.07 Å². The number of pyridine rings is 1. The van der Waals surface area contributed by atoms with Crippen LogP contribution in [0.25, 0.3) is 0 Å². The van der Waals surface area contributed by atoms with Gasteiger partial charge in [0.15, 0.2) is 0 Å². The predicted octanol–water partition coefficient (Wildman–Crippen LogP) is 0.762. The van der Waals surface area contributed by atoms with Gasteiger partial charge in [0.1, 0.15) is 24.2 Å². The minimum absolute atomic E-state index is 0.0224. The molecule has 2 rings (SSSR count). The third-order valence-electron chi connectivity index (χ3n) is 2.09. The Morgan fingerprint density at radius 2 is 2.29 bits per heavy atom. The molecule has 0 aliphatic rings. The van der Waals surface area contributed by atoms with E-state index in [4.69, 9.17) is 0 Å². The van der Waals surface area contributed by atoms with Crippen molar-refractivity contribution >= 4 is 11.5 Å². The molecule has 17 heavy (non-hydrogen) atoms. The van der Waals surface area contributed by atoms with E-state index in [1.807, 2.05) is 0 Å². The molecule has 88 valence electrons. The monoisotopic (exact) mass is 234 g/mol. The summed E-state index contributed by atoms with van der Waals surface area (Å²) >= 11 is 0. The van der Waals surface area contributed by atoms with Crippen molar-refractivity contribution in [3.63, 3.8) is 0 Å². The van der Waals surface area contributed by atoms with Gasteiger partial charge in [-0.15, -0.1) is 0 Å². The van der Waals surface area contributed by atoms with Gasteiger partial charge in [0.2, 0.25) is 0 Å². The van der Waals surface area contributed by atoms with Crippen molar-refractivity contribution in [3.05, 3.63) is 40.6 Å². The van der Waals surface area contributed by atoms with Crippen LogP contribution < -0.4 is 5.32 Å². The molecule has 0 aliphatic carbocycles. The van der Waals surface area contributed by atoms with Crippen LogP contribution in [0.4, 0.5) is 11.5 Å². The highest BCUT2D eigenvalue weighted by Crippen LogP contribution is 2.11. The van der Waals surface area contributed by atoms with Gasteiger partial charge in [0.05, 0.1) is 4.92 Å². The van der Waals surface area contributed by atoms with Crippen LogP contribution >= 0.6 is 0 Å². The lowest BCUT2D eigenvalue weighted by Gasteiger charge is -2.02. The van der Waals surface area contributed by atoms with Gasteiger partial charge >= 0.3 is 0 Å². The van der Waals surface area contributed by atoms with Gasteiger partial charge in [-0.05, 0) is 6.07 Å². The third-order valence-corrected chi connectivity index (χ3v) is 2.09. The Morgan fingerprint density at radius 1 is 1.41 bits per heavy atom. The van der Waals surface area contributed by atoms with E-state index in [2.05, 4.69) is 25.5 Å². The van der Waals surface area contributed by atoms with Gasteiger partial charge in [-0.1, -0.05) is 0 Å². The molecule has 0 atom stereocenters. The first-order chi connectivity index (χ1) is 8.25. The number of rotatable bonds is 5. The molecule has 2 N–H and O–H groups in total. The molecule has 2 aromatic rings. The average molecular weight is 234 g/mol. The van der Waals surface area contributed by atoms with Crippen LogP contribution in [0.5, 0.6) is 0 Å². The Labute approximate surface area is 96.3 Å². The number of H-pyrrole nitrogens is 1. The molecule has 0 radical (unpaired) electrons. The second-order valence-electron chi connectivity index (χ2n) is 3.27. The molecule has 0 aliphatic heterocycles. The van der Waals surface area contributed by atoms with Crippen molar-refractivity contribution in [2.24, 2.45) is 0 Å². The zero-order chi connectivity index (χ0) is 12.1. The molecule has 0 saturated heterocycles. The molecule has 8 heteroatoms. The maximum absolute atomic E-state index is 10.4. The number of hydrogen-bond acceptors (Lipinski definition) is 6. The van der Waals surface area contributed by atoms with Gasteiger partial charge in [-0.2, -0.15) is 5.10 Å². The SMILES string of the molecule is O=[N+]([O-])c1ccc(NCCc2ncn[nH]2)nc1. The summed E-state index contributed by atoms with van der Waals surface area (Å²) in [5.74, 6) is 1.37. The van der Waals surface area contributed by atoms with Gasteiger partial charge in [-0.25, -0.2) is 9.97 Å². The zero-order valence-electron chi connectivity index (χ0n) is 8.83. The summed E-state index contributed by atoms with van der Waals surface area (Å²) in [5.41, 5.74) is -0.0224. The smallest absolute Gasteiger partial charge is 0.287 e. The first kappa shape index (κ1) is 11.0. The van der Waals surface area contributed by atoms with Crippen molar-refractivity contribution in [1.82, 2.24) is 20.2 Å². The normalized spacial score (nSPS) is 10.1. The second kappa shape index (κ2) is 5.01. The van der Waals surface area contributed by atoms with Gasteiger partial charge in [0.25, 0.3) is 5.69 Å². The number of anilines is 1. The van der Waals surface area contributed by atoms with Gasteiger partial charge < -0.3 is 5.32 Å². The minimum atomic E-state index is -0.481. The van der Waals surface area contributed by atoms with Crippen LogP contribution in [0, 0.1) is 10.1 Å². The lowest BCUT2D eigenvalue weighted by atomic mass is 10.4. The first-order valence-corrected chi connectivity index (χ1v) is 4.94. The van der Waals surface area contributed by atoms with E-state index in [0.29, 0.717) is 18.8 Å². The molecule has 2 heterocycles. The fraction of sp³-hybridized carbons (Fsp3) is 0.222. The van der Waals surface area contributed by atoms with E-state index < -0.39 is 4.92 Å². The molecule has 8 nitrogen and oxygen atoms in total. The molecule has 0 aromatic carbocycles. The predicted molar refractivity (Wildman–Crippen MR) is 59.5 cm³/mol. The second-order valence-corrected chi connectivity index (χ2v) is 3.27. The van der Waals surface area contributed by atoms with E-state index >= 15 is 0 Å². The maximum atomic E-state index is 10.4. The Morgan fingerprint density at radius 3 is 2.88 bits per heavy atom. The van der Waals surface area contributed by atoms with Gasteiger partial charge in [0, 0.05) is 19.0 Å². The van der Waals surface area contributed by atoms with Crippen molar-refractivity contribution in [1.29, 1.82) is 0 Å². The summed E-state index contributed by atoms with van der Waals surface area (Å²) < 4.78 is 0. The van der Waals surface area contributed by atoms with Crippen LogP contribution in [0.1, 0.15) is 5.82 Å². The van der Waals surface area contributed by atoms with Crippen LogP contribution in [-0.2, 0) is 6.42 Å². The lowest BCUT2D eigenvalue weighted by molar-refractivity contribution is -0.385. The molecule has 0 unspecified atom stereocenters. The Balaban J connectivity index is 1.85. The summed E-state index contributed by atoms with van der Waals surface area (Å²) in [6.07, 6.45) is 3.34. The van der Waals surface area contributed by atoms with Crippen molar-refractivity contribution < 1.29 is 4.92 Å². The molecule has 0 fully saturated rings. The number of hydrogen-bond donors (Lipinski definition) is 2. The Bertz CT molecular complexity index is 481. The molecule has 2 aromatic heterocycles. The summed E-state index contributed by atoms with van der Waals surface area (Å²) in [6, 6.07) is 2.97. The lowest BCUT2D eigenvalue weighted by Crippen LogP contribution is -2.07. The molecular weight excluding hydrogens is 224 g/mol. The number of nitrogens with zero attached hydrogens (tertiary/aromatic N) is 4. The van der Waals surface area contributed by atoms with Crippen LogP contribution in [-0.4, -0.2) is 31.6 Å². The van der Waals surface area contributed by atoms with Crippen molar-refractivity contribution in [2.45, 2.75) is 6.42 Å². The molecule has 0 amide bonds. The number of nitrogens with one attached hydrogen (secondary N) is 2. The highest BCUT2D eigenvalue weighted by atomic mass is 16.6. The summed E-state index contributed by atoms with van der Waals surface area (Å²) in [5, 5.41) is 19.9. The highest BCUT2D eigenvalue weighted by Gasteiger charge is 2.04. The van der Waals surface area contributed by atoms with E-state index in [1.165, 1.54) is 18.6 Å². The van der Waals surface area contributed by atoms with E-state index in [0.717, 1.165) is 5.82 Å². The third kappa shape index (κ3) is 2.97. The highest BCUT2D eigenvalue weighted by molar-refractivity contribution is 5.40. The quantitative estimate of drug-likeness (QED) is 0.583. The number of aromatic nitrogens is 4. The zero-order valence-corrected chi connectivity index (χ0v) is 8.83. The number of nitro groups is 1. The topological polar surface area (TPSA) is 110 Å². The molecule has 0 saturated carbocycles. The van der Waals surface area contributed by atoms with Crippen LogP contribution in [0.15, 0.2) is 24.7 Å². The minimum Gasteiger partial charge on any atom is -0.370 e. The Kier molecular flexibility index (Phi) is 3.24. The van der Waals surface area contributed by atoms with Crippen LogP contribution in [0.3, 0.4) is 0 Å². The van der Waals surface area contributed by atoms with Crippen molar-refractivity contribution in [2.75, 3.05) is 11.9 Å². The van der Waals surface area contributed by atoms with Crippen molar-refractivity contribution in [3.8, 4) is 0 Å². The fourth-order valence-corrected chi connectivity index (χ4v) is 1.26. The molecule has 0 spiro atoms. The molecule has 0 bridgehead atoms. The summed E-state index contributed by atoms with van der Waals surface area (Å²) in [4.78, 5) is 17.8. The largest absolute Gasteiger partial charge is 0.370 e. The Hall–Kier alpha value is -2.51. The van der Waals surface area contributed by atoms with Gasteiger partial charge in [-0.3, -0.25) is 15.2 Å². The molecular formula is C9H10N6O2. The first-order valence-electron chi connectivity index (χ1n) is 4.94. The summed E-state index contributed by atoms with van der Waals surface area (Å²) in [6.45, 7) is 0.625. The maximum Gasteiger partial charge on any atom is 0.287 e. The van der Waals surface area contributed by atoms with E-state index in [9.17, 15) is 10.1 Å². The number of aromatic amines is 1.